The minimum atomic E-state index is -0.476. The molecule has 3 aliphatic rings. The predicted molar refractivity (Wildman–Crippen MR) is 91.5 cm³/mol. The molecule has 0 spiro atoms. The number of hydrogen-bond donors (Lipinski definition) is 3. The zero-order valence-electron chi connectivity index (χ0n) is 14.5. The van der Waals surface area contributed by atoms with Gasteiger partial charge in [-0.15, -0.1) is 0 Å². The van der Waals surface area contributed by atoms with E-state index in [1.807, 2.05) is 6.07 Å². The fraction of sp³-hybridized carbons (Fsp3) is 0.650. The normalized spacial score (nSPS) is 40.5. The Bertz CT molecular complexity index is 700. The predicted octanol–water partition coefficient (Wildman–Crippen LogP) is 2.63. The van der Waals surface area contributed by atoms with Crippen LogP contribution >= 0.6 is 0 Å². The first kappa shape index (κ1) is 15.9. The number of aliphatic hydroxyl groups is 1. The molecule has 4 N–H and O–H groups in total. The lowest BCUT2D eigenvalue weighted by Gasteiger charge is -2.53. The molecule has 2 fully saturated rings. The van der Waals surface area contributed by atoms with Crippen LogP contribution in [0.15, 0.2) is 12.1 Å². The topological polar surface area (TPSA) is 83.6 Å². The molecular formula is C20H27NO3. The highest BCUT2D eigenvalue weighted by molar-refractivity contribution is 5.78. The monoisotopic (exact) mass is 329 g/mol. The quantitative estimate of drug-likeness (QED) is 0.740. The summed E-state index contributed by atoms with van der Waals surface area (Å²) in [6.45, 7) is 4.23. The maximum atomic E-state index is 11.9. The highest BCUT2D eigenvalue weighted by atomic mass is 16.3. The first-order chi connectivity index (χ1) is 11.3. The summed E-state index contributed by atoms with van der Waals surface area (Å²) in [5.41, 5.74) is 8.81. The van der Waals surface area contributed by atoms with Gasteiger partial charge in [0.2, 0.25) is 5.91 Å². The van der Waals surface area contributed by atoms with Gasteiger partial charge in [-0.05, 0) is 79.0 Å². The fourth-order valence-corrected chi connectivity index (χ4v) is 6.44. The largest absolute Gasteiger partial charge is 0.508 e. The molecule has 1 amide bonds. The molecule has 3 aliphatic carbocycles. The summed E-state index contributed by atoms with van der Waals surface area (Å²) >= 11 is 0. The molecular weight excluding hydrogens is 302 g/mol. The van der Waals surface area contributed by atoms with Crippen LogP contribution in [0.2, 0.25) is 0 Å². The Balaban J connectivity index is 1.79. The van der Waals surface area contributed by atoms with Gasteiger partial charge in [-0.25, -0.2) is 0 Å². The minimum Gasteiger partial charge on any atom is -0.508 e. The third-order valence-electron chi connectivity index (χ3n) is 7.41. The van der Waals surface area contributed by atoms with Crippen LogP contribution in [0.4, 0.5) is 0 Å². The number of benzene rings is 1. The van der Waals surface area contributed by atoms with Gasteiger partial charge in [0, 0.05) is 11.8 Å². The van der Waals surface area contributed by atoms with Gasteiger partial charge in [0.1, 0.15) is 5.75 Å². The van der Waals surface area contributed by atoms with E-state index >= 15 is 0 Å². The van der Waals surface area contributed by atoms with Crippen molar-refractivity contribution in [2.24, 2.45) is 28.9 Å². The van der Waals surface area contributed by atoms with E-state index in [2.05, 4.69) is 13.8 Å². The number of fused-ring (bicyclic) bond motifs is 5. The molecule has 4 nitrogen and oxygen atoms in total. The Morgan fingerprint density at radius 1 is 1.29 bits per heavy atom. The van der Waals surface area contributed by atoms with Gasteiger partial charge < -0.3 is 15.9 Å². The molecule has 0 aromatic heterocycles. The lowest BCUT2D eigenvalue weighted by molar-refractivity contribution is -0.129. The zero-order chi connectivity index (χ0) is 17.2. The number of amides is 1. The number of aromatic hydroxyl groups is 1. The van der Waals surface area contributed by atoms with Crippen LogP contribution in [0.5, 0.6) is 5.75 Å². The summed E-state index contributed by atoms with van der Waals surface area (Å²) in [6.07, 6.45) is 3.84. The van der Waals surface area contributed by atoms with E-state index in [1.54, 1.807) is 6.07 Å². The van der Waals surface area contributed by atoms with Crippen LogP contribution in [0, 0.1) is 30.1 Å². The van der Waals surface area contributed by atoms with Crippen molar-refractivity contribution in [2.75, 3.05) is 0 Å². The fourth-order valence-electron chi connectivity index (χ4n) is 6.44. The lowest BCUT2D eigenvalue weighted by atomic mass is 9.52. The van der Waals surface area contributed by atoms with Crippen molar-refractivity contribution in [3.05, 3.63) is 28.8 Å². The van der Waals surface area contributed by atoms with Gasteiger partial charge in [-0.2, -0.15) is 0 Å². The van der Waals surface area contributed by atoms with E-state index in [4.69, 9.17) is 5.73 Å². The van der Waals surface area contributed by atoms with Crippen molar-refractivity contribution in [2.45, 2.75) is 58.0 Å². The van der Waals surface area contributed by atoms with Gasteiger partial charge in [-0.1, -0.05) is 13.0 Å². The van der Waals surface area contributed by atoms with Crippen LogP contribution < -0.4 is 5.73 Å². The molecule has 6 atom stereocenters. The Labute approximate surface area is 143 Å². The van der Waals surface area contributed by atoms with Gasteiger partial charge in [0.05, 0.1) is 6.10 Å². The van der Waals surface area contributed by atoms with Crippen LogP contribution in [-0.2, 0) is 11.2 Å². The third-order valence-corrected chi connectivity index (χ3v) is 7.41. The van der Waals surface area contributed by atoms with Crippen molar-refractivity contribution in [1.82, 2.24) is 0 Å². The molecule has 0 saturated heterocycles. The Kier molecular flexibility index (Phi) is 3.47. The smallest absolute Gasteiger partial charge is 0.221 e. The maximum Gasteiger partial charge on any atom is 0.221 e. The molecule has 0 bridgehead atoms. The molecule has 4 rings (SSSR count). The number of carbonyl (C=O) groups is 1. The van der Waals surface area contributed by atoms with Gasteiger partial charge in [0.15, 0.2) is 0 Å². The van der Waals surface area contributed by atoms with E-state index in [1.165, 1.54) is 0 Å². The number of hydrogen-bond acceptors (Lipinski definition) is 3. The number of aryl methyl sites for hydroxylation is 1. The summed E-state index contributed by atoms with van der Waals surface area (Å²) in [4.78, 5) is 11.9. The average molecular weight is 329 g/mol. The van der Waals surface area contributed by atoms with E-state index in [0.29, 0.717) is 24.0 Å². The molecule has 1 aromatic carbocycles. The van der Waals surface area contributed by atoms with Gasteiger partial charge in [0.25, 0.3) is 0 Å². The molecule has 1 aromatic rings. The molecule has 2 saturated carbocycles. The highest BCUT2D eigenvalue weighted by Crippen LogP contribution is 2.63. The number of aliphatic hydroxyl groups excluding tert-OH is 1. The second-order valence-corrected chi connectivity index (χ2v) is 8.44. The SMILES string of the molecule is Cc1ccc(O)c2c1C1C(O)CC3(C)C(CC[C@@H]3C(N)=O)C1CC2. The second-order valence-electron chi connectivity index (χ2n) is 8.44. The van der Waals surface area contributed by atoms with E-state index in [0.717, 1.165) is 42.4 Å². The average Bonchev–Trinajstić information content (AvgIpc) is 2.87. The minimum absolute atomic E-state index is 0.0746. The molecule has 0 radical (unpaired) electrons. The second kappa shape index (κ2) is 5.22. The Morgan fingerprint density at radius 3 is 2.75 bits per heavy atom. The summed E-state index contributed by atoms with van der Waals surface area (Å²) in [5.74, 6) is 0.899. The van der Waals surface area contributed by atoms with Gasteiger partial charge in [-0.3, -0.25) is 4.79 Å². The molecule has 4 heteroatoms. The van der Waals surface area contributed by atoms with E-state index in [9.17, 15) is 15.0 Å². The Morgan fingerprint density at radius 2 is 2.04 bits per heavy atom. The first-order valence-electron chi connectivity index (χ1n) is 9.13. The standard InChI is InChI=1S/C20H27NO3/c1-10-3-8-15(22)12-5-4-11-13-6-7-14(19(21)24)20(13,2)9-16(23)18(11)17(10)12/h3,8,11,13-14,16,18,22-23H,4-7,9H2,1-2H3,(H2,21,24)/t11?,13?,14-,16?,18?,20?/m1/s1. The van der Waals surface area contributed by atoms with Crippen molar-refractivity contribution in [3.63, 3.8) is 0 Å². The molecule has 130 valence electrons. The van der Waals surface area contributed by atoms with Crippen molar-refractivity contribution in [3.8, 4) is 5.75 Å². The van der Waals surface area contributed by atoms with E-state index in [-0.39, 0.29) is 23.2 Å². The number of primary amides is 1. The molecule has 5 unspecified atom stereocenters. The number of nitrogens with two attached hydrogens (primary N) is 1. The number of carbonyl (C=O) groups excluding carboxylic acids is 1. The van der Waals surface area contributed by atoms with Crippen molar-refractivity contribution < 1.29 is 15.0 Å². The summed E-state index contributed by atoms with van der Waals surface area (Å²) in [5, 5.41) is 21.3. The highest BCUT2D eigenvalue weighted by Gasteiger charge is 2.59. The summed E-state index contributed by atoms with van der Waals surface area (Å²) in [7, 11) is 0. The van der Waals surface area contributed by atoms with Crippen molar-refractivity contribution >= 4 is 5.91 Å². The third kappa shape index (κ3) is 1.98. The van der Waals surface area contributed by atoms with Crippen LogP contribution in [0.1, 0.15) is 55.2 Å². The number of phenols is 1. The first-order valence-corrected chi connectivity index (χ1v) is 9.13. The number of rotatable bonds is 1. The zero-order valence-corrected chi connectivity index (χ0v) is 14.5. The van der Waals surface area contributed by atoms with Crippen LogP contribution in [0.3, 0.4) is 0 Å². The van der Waals surface area contributed by atoms with Crippen molar-refractivity contribution in [1.29, 1.82) is 0 Å². The summed E-state index contributed by atoms with van der Waals surface area (Å²) in [6, 6.07) is 3.73. The number of phenolic OH excluding ortho intramolecular Hbond substituents is 1. The van der Waals surface area contributed by atoms with Crippen LogP contribution in [-0.4, -0.2) is 22.2 Å². The Hall–Kier alpha value is -1.55. The molecule has 24 heavy (non-hydrogen) atoms. The molecule has 0 heterocycles. The maximum absolute atomic E-state index is 11.9. The van der Waals surface area contributed by atoms with E-state index < -0.39 is 6.10 Å². The van der Waals surface area contributed by atoms with Gasteiger partial charge >= 0.3 is 0 Å². The van der Waals surface area contributed by atoms with Crippen LogP contribution in [0.25, 0.3) is 0 Å². The lowest BCUT2D eigenvalue weighted by Crippen LogP contribution is -2.50. The molecule has 0 aliphatic heterocycles. The summed E-state index contributed by atoms with van der Waals surface area (Å²) < 4.78 is 0.